The van der Waals surface area contributed by atoms with Crippen molar-refractivity contribution < 1.29 is 19.0 Å². The summed E-state index contributed by atoms with van der Waals surface area (Å²) in [6, 6.07) is 3.82. The Labute approximate surface area is 202 Å². The van der Waals surface area contributed by atoms with Crippen LogP contribution in [0.5, 0.6) is 0 Å². The van der Waals surface area contributed by atoms with Gasteiger partial charge in [0.15, 0.2) is 5.65 Å². The lowest BCUT2D eigenvalue weighted by molar-refractivity contribution is 0.0186. The second kappa shape index (κ2) is 9.31. The van der Waals surface area contributed by atoms with Crippen LogP contribution < -0.4 is 10.6 Å². The van der Waals surface area contributed by atoms with Gasteiger partial charge in [0.25, 0.3) is 0 Å². The monoisotopic (exact) mass is 486 g/mol. The van der Waals surface area contributed by atoms with Gasteiger partial charge in [-0.15, -0.1) is 0 Å². The van der Waals surface area contributed by atoms with Crippen molar-refractivity contribution in [2.24, 2.45) is 5.92 Å². The number of para-hydroxylation sites is 1. The Bertz CT molecular complexity index is 1180. The Balaban J connectivity index is 1.52. The molecule has 0 radical (unpaired) electrons. The summed E-state index contributed by atoms with van der Waals surface area (Å²) in [5.74, 6) is -0.593. The lowest BCUT2D eigenvalue weighted by Gasteiger charge is -2.26. The molecule has 0 saturated heterocycles. The summed E-state index contributed by atoms with van der Waals surface area (Å²) in [6.45, 7) is 3.62. The zero-order chi connectivity index (χ0) is 24.7. The normalized spacial score (nSPS) is 25.2. The molecule has 2 aromatic heterocycles. The average molecular weight is 487 g/mol. The van der Waals surface area contributed by atoms with E-state index < -0.39 is 17.2 Å². The van der Waals surface area contributed by atoms with Gasteiger partial charge in [0.2, 0.25) is 11.9 Å². The van der Waals surface area contributed by atoms with Crippen LogP contribution >= 0.6 is 0 Å². The van der Waals surface area contributed by atoms with Crippen LogP contribution in [-0.2, 0) is 0 Å². The largest absolute Gasteiger partial charge is 0.393 e. The highest BCUT2D eigenvalue weighted by Gasteiger charge is 2.37. The fourth-order valence-corrected chi connectivity index (χ4v) is 5.36. The number of aliphatic hydroxyl groups is 2. The molecule has 35 heavy (non-hydrogen) atoms. The van der Waals surface area contributed by atoms with E-state index in [0.717, 1.165) is 38.5 Å². The number of aromatic nitrogens is 4. The second-order valence-electron chi connectivity index (χ2n) is 10.4. The van der Waals surface area contributed by atoms with E-state index in [2.05, 4.69) is 20.6 Å². The Morgan fingerprint density at radius 1 is 1.03 bits per heavy atom. The molecule has 2 aliphatic rings. The van der Waals surface area contributed by atoms with Crippen molar-refractivity contribution in [3.63, 3.8) is 0 Å². The molecule has 0 spiro atoms. The lowest BCUT2D eigenvalue weighted by atomic mass is 9.89. The highest BCUT2D eigenvalue weighted by atomic mass is 19.1. The second-order valence-corrected chi connectivity index (χ2v) is 10.4. The van der Waals surface area contributed by atoms with Crippen LogP contribution in [0, 0.1) is 17.6 Å². The molecule has 3 aromatic rings. The van der Waals surface area contributed by atoms with Gasteiger partial charge in [0.1, 0.15) is 22.8 Å². The van der Waals surface area contributed by atoms with Gasteiger partial charge in [-0.1, -0.05) is 6.07 Å². The first kappa shape index (κ1) is 23.9. The molecule has 2 aliphatic carbocycles. The van der Waals surface area contributed by atoms with Crippen LogP contribution in [0.1, 0.15) is 64.8 Å². The molecule has 0 unspecified atom stereocenters. The molecule has 2 fully saturated rings. The summed E-state index contributed by atoms with van der Waals surface area (Å²) in [6.07, 6.45) is 6.79. The Morgan fingerprint density at radius 2 is 1.74 bits per heavy atom. The molecule has 0 amide bonds. The third-order valence-corrected chi connectivity index (χ3v) is 7.43. The topological polar surface area (TPSA) is 108 Å². The number of hydrogen-bond donors (Lipinski definition) is 4. The molecule has 8 nitrogen and oxygen atoms in total. The third kappa shape index (κ3) is 4.95. The van der Waals surface area contributed by atoms with E-state index in [4.69, 9.17) is 4.98 Å². The molecule has 188 valence electrons. The van der Waals surface area contributed by atoms with Gasteiger partial charge < -0.3 is 20.8 Å². The maximum atomic E-state index is 14.4. The van der Waals surface area contributed by atoms with Crippen LogP contribution in [0.4, 0.5) is 26.4 Å². The first-order valence-electron chi connectivity index (χ1n) is 12.3. The maximum absolute atomic E-state index is 14.4. The number of benzene rings is 1. The van der Waals surface area contributed by atoms with E-state index in [1.54, 1.807) is 6.20 Å². The SMILES string of the molecule is CC(C)(O)[C@H]1CC[C@@H](n2c(Nc3c(F)cccc3F)nc3cnc(N[C@H]4CC[C@H](O)CC4)nc32)C1. The molecular formula is C25H32F2N6O2. The standard InChI is InChI=1S/C25H32F2N6O2/c1-25(2,35)14-6-9-16(12-14)33-22-20(30-24(33)31-21-18(26)4-3-5-19(21)27)13-28-23(32-22)29-15-7-10-17(34)11-8-15/h3-5,13-17,34-35H,6-12H2,1-2H3,(H,30,31)(H,28,29,32)/t14-,15-,16+,17-/m0/s1. The van der Waals surface area contributed by atoms with E-state index in [-0.39, 0.29) is 35.7 Å². The fraction of sp³-hybridized carbons (Fsp3) is 0.560. The van der Waals surface area contributed by atoms with Crippen molar-refractivity contribution in [2.75, 3.05) is 10.6 Å². The smallest absolute Gasteiger partial charge is 0.224 e. The first-order chi connectivity index (χ1) is 16.7. The molecule has 10 heteroatoms. The van der Waals surface area contributed by atoms with Crippen molar-refractivity contribution in [1.82, 2.24) is 19.5 Å². The van der Waals surface area contributed by atoms with Crippen molar-refractivity contribution in [3.05, 3.63) is 36.0 Å². The summed E-state index contributed by atoms with van der Waals surface area (Å²) >= 11 is 0. The Morgan fingerprint density at radius 3 is 2.40 bits per heavy atom. The molecule has 2 heterocycles. The van der Waals surface area contributed by atoms with E-state index >= 15 is 0 Å². The Kier molecular flexibility index (Phi) is 6.35. The zero-order valence-electron chi connectivity index (χ0n) is 20.0. The average Bonchev–Trinajstić information content (AvgIpc) is 3.42. The lowest BCUT2D eigenvalue weighted by Crippen LogP contribution is -2.29. The number of hydrogen-bond acceptors (Lipinski definition) is 7. The van der Waals surface area contributed by atoms with Crippen LogP contribution in [0.25, 0.3) is 11.2 Å². The summed E-state index contributed by atoms with van der Waals surface area (Å²) in [5, 5.41) is 26.6. The molecule has 1 aromatic carbocycles. The van der Waals surface area contributed by atoms with Crippen molar-refractivity contribution in [3.8, 4) is 0 Å². The number of aliphatic hydroxyl groups excluding tert-OH is 1. The molecule has 0 aliphatic heterocycles. The minimum atomic E-state index is -0.830. The highest BCUT2D eigenvalue weighted by Crippen LogP contribution is 2.43. The van der Waals surface area contributed by atoms with E-state index in [1.165, 1.54) is 18.2 Å². The minimum Gasteiger partial charge on any atom is -0.393 e. The molecule has 2 saturated carbocycles. The van der Waals surface area contributed by atoms with Crippen molar-refractivity contribution >= 4 is 28.7 Å². The van der Waals surface area contributed by atoms with Gasteiger partial charge >= 0.3 is 0 Å². The third-order valence-electron chi connectivity index (χ3n) is 7.43. The van der Waals surface area contributed by atoms with Gasteiger partial charge in [-0.3, -0.25) is 4.57 Å². The van der Waals surface area contributed by atoms with Gasteiger partial charge in [-0.25, -0.2) is 18.7 Å². The number of rotatable bonds is 6. The van der Waals surface area contributed by atoms with Gasteiger partial charge in [0, 0.05) is 12.1 Å². The summed E-state index contributed by atoms with van der Waals surface area (Å²) in [7, 11) is 0. The van der Waals surface area contributed by atoms with Crippen molar-refractivity contribution in [2.45, 2.75) is 82.6 Å². The number of nitrogens with one attached hydrogen (secondary N) is 2. The predicted molar refractivity (Wildman–Crippen MR) is 130 cm³/mol. The predicted octanol–water partition coefficient (Wildman–Crippen LogP) is 4.68. The van der Waals surface area contributed by atoms with Crippen molar-refractivity contribution in [1.29, 1.82) is 0 Å². The van der Waals surface area contributed by atoms with Crippen LogP contribution in [0.15, 0.2) is 24.4 Å². The quantitative estimate of drug-likeness (QED) is 0.401. The van der Waals surface area contributed by atoms with E-state index in [1.807, 2.05) is 18.4 Å². The zero-order valence-corrected chi connectivity index (χ0v) is 20.0. The highest BCUT2D eigenvalue weighted by molar-refractivity contribution is 5.76. The molecular weight excluding hydrogens is 454 g/mol. The van der Waals surface area contributed by atoms with E-state index in [0.29, 0.717) is 23.5 Å². The molecule has 5 rings (SSSR count). The van der Waals surface area contributed by atoms with E-state index in [9.17, 15) is 19.0 Å². The van der Waals surface area contributed by atoms with Gasteiger partial charge in [0.05, 0.1) is 17.9 Å². The number of imidazole rings is 1. The number of anilines is 3. The molecule has 2 atom stereocenters. The summed E-state index contributed by atoms with van der Waals surface area (Å²) in [4.78, 5) is 13.8. The fourth-order valence-electron chi connectivity index (χ4n) is 5.36. The van der Waals surface area contributed by atoms with Crippen LogP contribution in [0.2, 0.25) is 0 Å². The number of fused-ring (bicyclic) bond motifs is 1. The number of halogens is 2. The molecule has 4 N–H and O–H groups in total. The minimum absolute atomic E-state index is 0.0543. The first-order valence-corrected chi connectivity index (χ1v) is 12.3. The Hall–Kier alpha value is -2.85. The summed E-state index contributed by atoms with van der Waals surface area (Å²) in [5.41, 5.74) is -0.0170. The molecule has 0 bridgehead atoms. The summed E-state index contributed by atoms with van der Waals surface area (Å²) < 4.78 is 30.8. The van der Waals surface area contributed by atoms with Gasteiger partial charge in [-0.2, -0.15) is 4.98 Å². The maximum Gasteiger partial charge on any atom is 0.224 e. The van der Waals surface area contributed by atoms with Gasteiger partial charge in [-0.05, 0) is 76.8 Å². The number of nitrogens with zero attached hydrogens (tertiary/aromatic N) is 4. The van der Waals surface area contributed by atoms with Crippen LogP contribution in [-0.4, -0.2) is 47.5 Å². The van der Waals surface area contributed by atoms with Crippen LogP contribution in [0.3, 0.4) is 0 Å².